The predicted octanol–water partition coefficient (Wildman–Crippen LogP) is 4.10. The molecule has 1 aliphatic heterocycles. The van der Waals surface area contributed by atoms with Gasteiger partial charge in [-0.2, -0.15) is 0 Å². The summed E-state index contributed by atoms with van der Waals surface area (Å²) in [6, 6.07) is 6.47. The fraction of sp³-hybridized carbons (Fsp3) is 0.500. The zero-order valence-corrected chi connectivity index (χ0v) is 13.7. The zero-order chi connectivity index (χ0) is 14.8. The Hall–Kier alpha value is -1.39. The lowest BCUT2D eigenvalue weighted by Gasteiger charge is -2.20. The Balaban J connectivity index is 1.49. The van der Waals surface area contributed by atoms with Crippen LogP contribution in [0.15, 0.2) is 18.2 Å². The molecule has 0 spiro atoms. The molecule has 0 radical (unpaired) electrons. The number of ether oxygens (including phenoxy) is 1. The molecule has 2 aromatic rings. The van der Waals surface area contributed by atoms with E-state index in [2.05, 4.69) is 23.5 Å². The second-order valence-electron chi connectivity index (χ2n) is 6.14. The Morgan fingerprint density at radius 3 is 3.09 bits per heavy atom. The third kappa shape index (κ3) is 2.90. The first kappa shape index (κ1) is 14.2. The van der Waals surface area contributed by atoms with Gasteiger partial charge >= 0.3 is 0 Å². The lowest BCUT2D eigenvalue weighted by atomic mass is 10.0. The second-order valence-corrected chi connectivity index (χ2v) is 7.31. The molecule has 1 aromatic carbocycles. The minimum atomic E-state index is 0.746. The quantitative estimate of drug-likeness (QED) is 0.866. The molecule has 0 atom stereocenters. The average Bonchev–Trinajstić information content (AvgIpc) is 2.82. The predicted molar refractivity (Wildman–Crippen MR) is 90.5 cm³/mol. The van der Waals surface area contributed by atoms with Crippen molar-refractivity contribution in [3.05, 3.63) is 44.9 Å². The Morgan fingerprint density at radius 2 is 2.09 bits per heavy atom. The van der Waals surface area contributed by atoms with Crippen LogP contribution in [-0.4, -0.2) is 11.6 Å². The van der Waals surface area contributed by atoms with E-state index in [-0.39, 0.29) is 0 Å². The van der Waals surface area contributed by atoms with Crippen molar-refractivity contribution in [3.63, 3.8) is 0 Å². The zero-order valence-electron chi connectivity index (χ0n) is 12.9. The molecule has 4 heteroatoms. The van der Waals surface area contributed by atoms with Gasteiger partial charge in [-0.25, -0.2) is 4.98 Å². The van der Waals surface area contributed by atoms with Crippen molar-refractivity contribution < 1.29 is 4.74 Å². The normalized spacial score (nSPS) is 17.5. The molecule has 1 N–H and O–H groups in total. The van der Waals surface area contributed by atoms with Crippen LogP contribution in [0.4, 0.5) is 5.69 Å². The third-order valence-electron chi connectivity index (χ3n) is 4.60. The molecule has 0 saturated carbocycles. The molecular weight excluding hydrogens is 292 g/mol. The van der Waals surface area contributed by atoms with Crippen molar-refractivity contribution in [3.8, 4) is 0 Å². The van der Waals surface area contributed by atoms with Crippen molar-refractivity contribution in [2.75, 3.05) is 11.9 Å². The molecule has 0 amide bonds. The van der Waals surface area contributed by atoms with Crippen LogP contribution in [0.5, 0.6) is 0 Å². The highest BCUT2D eigenvalue weighted by Gasteiger charge is 2.16. The van der Waals surface area contributed by atoms with Crippen molar-refractivity contribution in [1.29, 1.82) is 0 Å². The van der Waals surface area contributed by atoms with E-state index in [0.29, 0.717) is 0 Å². The molecule has 2 aliphatic rings. The van der Waals surface area contributed by atoms with Crippen LogP contribution in [0.1, 0.15) is 46.0 Å². The first-order valence-corrected chi connectivity index (χ1v) is 9.11. The molecule has 4 rings (SSSR count). The summed E-state index contributed by atoms with van der Waals surface area (Å²) < 4.78 is 5.54. The van der Waals surface area contributed by atoms with Gasteiger partial charge in [-0.05, 0) is 49.3 Å². The lowest BCUT2D eigenvalue weighted by molar-refractivity contribution is 0.111. The van der Waals surface area contributed by atoms with Crippen molar-refractivity contribution in [2.45, 2.75) is 51.7 Å². The molecule has 3 nitrogen and oxygen atoms in total. The van der Waals surface area contributed by atoms with Gasteiger partial charge in [0.25, 0.3) is 0 Å². The van der Waals surface area contributed by atoms with Crippen molar-refractivity contribution >= 4 is 17.0 Å². The van der Waals surface area contributed by atoms with Gasteiger partial charge in [0.2, 0.25) is 0 Å². The van der Waals surface area contributed by atoms with Crippen LogP contribution in [0, 0.1) is 0 Å². The van der Waals surface area contributed by atoms with Crippen LogP contribution in [0.3, 0.4) is 0 Å². The van der Waals surface area contributed by atoms with E-state index in [0.717, 1.165) is 26.2 Å². The maximum Gasteiger partial charge on any atom is 0.112 e. The Kier molecular flexibility index (Phi) is 4.13. The lowest BCUT2D eigenvalue weighted by Crippen LogP contribution is -2.13. The Bertz CT molecular complexity index is 642. The first-order valence-electron chi connectivity index (χ1n) is 8.30. The smallest absolute Gasteiger partial charge is 0.112 e. The number of nitrogens with zero attached hydrogens (tertiary/aromatic N) is 1. The number of aryl methyl sites for hydroxylation is 2. The number of hydrogen-bond donors (Lipinski definition) is 1. The Morgan fingerprint density at radius 1 is 1.14 bits per heavy atom. The molecule has 0 saturated heterocycles. The number of nitrogens with one attached hydrogen (secondary N) is 1. The molecule has 0 bridgehead atoms. The summed E-state index contributed by atoms with van der Waals surface area (Å²) in [6.07, 6.45) is 7.39. The van der Waals surface area contributed by atoms with Crippen molar-refractivity contribution in [1.82, 2.24) is 4.98 Å². The molecule has 0 fully saturated rings. The highest BCUT2D eigenvalue weighted by atomic mass is 32.1. The summed E-state index contributed by atoms with van der Waals surface area (Å²) in [7, 11) is 0. The molecule has 1 aliphatic carbocycles. The summed E-state index contributed by atoms with van der Waals surface area (Å²) in [6.45, 7) is 2.42. The van der Waals surface area contributed by atoms with Crippen molar-refractivity contribution in [2.24, 2.45) is 0 Å². The van der Waals surface area contributed by atoms with Gasteiger partial charge in [0, 0.05) is 10.6 Å². The molecule has 0 unspecified atom stereocenters. The van der Waals surface area contributed by atoms with Gasteiger partial charge in [0.05, 0.1) is 25.5 Å². The number of benzene rings is 1. The monoisotopic (exact) mass is 314 g/mol. The fourth-order valence-corrected chi connectivity index (χ4v) is 4.51. The van der Waals surface area contributed by atoms with E-state index in [4.69, 9.17) is 9.72 Å². The number of thiazole rings is 1. The number of fused-ring (bicyclic) bond motifs is 2. The number of aromatic nitrogens is 1. The van der Waals surface area contributed by atoms with E-state index in [1.54, 1.807) is 0 Å². The molecule has 116 valence electrons. The van der Waals surface area contributed by atoms with E-state index >= 15 is 0 Å². The van der Waals surface area contributed by atoms with Gasteiger partial charge in [-0.3, -0.25) is 0 Å². The molecule has 1 aromatic heterocycles. The van der Waals surface area contributed by atoms with Crippen LogP contribution >= 0.6 is 11.3 Å². The summed E-state index contributed by atoms with van der Waals surface area (Å²) >= 11 is 1.91. The van der Waals surface area contributed by atoms with E-state index in [1.165, 1.54) is 64.5 Å². The number of hydrogen-bond acceptors (Lipinski definition) is 4. The number of rotatable bonds is 3. The highest BCUT2D eigenvalue weighted by Crippen LogP contribution is 2.28. The van der Waals surface area contributed by atoms with Crippen LogP contribution in [0.25, 0.3) is 0 Å². The standard InChI is InChI=1S/C18H22N2OS/c1-2-6-16-17(8-3-1)22-18(20-16)11-19-15-7-4-5-13-12-21-10-9-14(13)15/h4-5,7,19H,1-3,6,8-12H2. The maximum absolute atomic E-state index is 5.54. The van der Waals surface area contributed by atoms with Gasteiger partial charge in [0.1, 0.15) is 5.01 Å². The summed E-state index contributed by atoms with van der Waals surface area (Å²) in [4.78, 5) is 6.39. The first-order chi connectivity index (χ1) is 10.9. The van der Waals surface area contributed by atoms with Crippen LogP contribution < -0.4 is 5.32 Å². The van der Waals surface area contributed by atoms with Crippen LogP contribution in [0.2, 0.25) is 0 Å². The molecule has 22 heavy (non-hydrogen) atoms. The molecule has 2 heterocycles. The Labute approximate surface area is 135 Å². The second kappa shape index (κ2) is 6.39. The van der Waals surface area contributed by atoms with Crippen LogP contribution in [-0.2, 0) is 37.2 Å². The van der Waals surface area contributed by atoms with E-state index in [9.17, 15) is 0 Å². The average molecular weight is 314 g/mol. The maximum atomic E-state index is 5.54. The number of anilines is 1. The topological polar surface area (TPSA) is 34.2 Å². The van der Waals surface area contributed by atoms with E-state index < -0.39 is 0 Å². The van der Waals surface area contributed by atoms with Gasteiger partial charge in [0.15, 0.2) is 0 Å². The van der Waals surface area contributed by atoms with Gasteiger partial charge in [-0.1, -0.05) is 18.6 Å². The summed E-state index contributed by atoms with van der Waals surface area (Å²) in [5.74, 6) is 0. The van der Waals surface area contributed by atoms with E-state index in [1.807, 2.05) is 11.3 Å². The third-order valence-corrected chi connectivity index (χ3v) is 5.75. The SMILES string of the molecule is c1cc2c(c(NCc3nc4c(s3)CCCCC4)c1)CCOC2. The van der Waals surface area contributed by atoms with Gasteiger partial charge < -0.3 is 10.1 Å². The fourth-order valence-electron chi connectivity index (χ4n) is 3.42. The minimum Gasteiger partial charge on any atom is -0.378 e. The highest BCUT2D eigenvalue weighted by molar-refractivity contribution is 7.11. The summed E-state index contributed by atoms with van der Waals surface area (Å²) in [5, 5.41) is 4.84. The summed E-state index contributed by atoms with van der Waals surface area (Å²) in [5.41, 5.74) is 5.37. The largest absolute Gasteiger partial charge is 0.378 e. The molecular formula is C18H22N2OS. The minimum absolute atomic E-state index is 0.746. The van der Waals surface area contributed by atoms with Gasteiger partial charge in [-0.15, -0.1) is 11.3 Å².